The monoisotopic (exact) mass is 426 g/mol. The van der Waals surface area contributed by atoms with E-state index in [1.807, 2.05) is 30.3 Å². The molecule has 0 atom stereocenters. The Hall–Kier alpha value is -0.980. The van der Waals surface area contributed by atoms with E-state index in [1.165, 1.54) is 9.75 Å². The number of aromatic nitrogens is 2. The molecule has 0 spiro atoms. The molecule has 0 bridgehead atoms. The van der Waals surface area contributed by atoms with Crippen LogP contribution >= 0.6 is 45.5 Å². The molecule has 0 saturated heterocycles. The zero-order chi connectivity index (χ0) is 15.0. The Bertz CT molecular complexity index is 800. The van der Waals surface area contributed by atoms with Crippen LogP contribution in [0.3, 0.4) is 0 Å². The minimum absolute atomic E-state index is 0.503. The maximum absolute atomic E-state index is 6.32. The molecule has 2 aromatic heterocycles. The predicted molar refractivity (Wildman–Crippen MR) is 98.0 cm³/mol. The highest BCUT2D eigenvalue weighted by Crippen LogP contribution is 2.33. The lowest BCUT2D eigenvalue weighted by atomic mass is 10.1. The molecule has 2 nitrogen and oxygen atoms in total. The van der Waals surface area contributed by atoms with Crippen LogP contribution in [0.5, 0.6) is 0 Å². The number of benzene rings is 1. The van der Waals surface area contributed by atoms with E-state index >= 15 is 0 Å². The number of thiophene rings is 1. The summed E-state index contributed by atoms with van der Waals surface area (Å²) in [6, 6.07) is 12.2. The Morgan fingerprint density at radius 3 is 2.43 bits per heavy atom. The molecule has 0 fully saturated rings. The van der Waals surface area contributed by atoms with Gasteiger partial charge in [-0.25, -0.2) is 9.97 Å². The van der Waals surface area contributed by atoms with Gasteiger partial charge < -0.3 is 0 Å². The minimum atomic E-state index is 0.503. The highest BCUT2D eigenvalue weighted by molar-refractivity contribution is 14.1. The first-order valence-corrected chi connectivity index (χ1v) is 8.69. The van der Waals surface area contributed by atoms with Crippen molar-refractivity contribution in [3.8, 4) is 22.6 Å². The second kappa shape index (κ2) is 6.02. The van der Waals surface area contributed by atoms with Gasteiger partial charge in [0.2, 0.25) is 0 Å². The average Bonchev–Trinajstić information content (AvgIpc) is 2.81. The average molecular weight is 427 g/mol. The number of hydrogen-bond acceptors (Lipinski definition) is 3. The van der Waals surface area contributed by atoms with Gasteiger partial charge in [0.05, 0.1) is 9.26 Å². The first kappa shape index (κ1) is 14.9. The predicted octanol–water partition coefficient (Wildman–Crippen LogP) is 5.75. The topological polar surface area (TPSA) is 25.8 Å². The molecule has 1 aromatic carbocycles. The molecule has 2 heterocycles. The summed E-state index contributed by atoms with van der Waals surface area (Å²) in [5.74, 6) is 0.695. The van der Waals surface area contributed by atoms with Crippen LogP contribution < -0.4 is 0 Å². The van der Waals surface area contributed by atoms with Crippen LogP contribution in [0, 0.1) is 17.4 Å². The number of halogens is 2. The van der Waals surface area contributed by atoms with Crippen molar-refractivity contribution in [2.45, 2.75) is 13.8 Å². The van der Waals surface area contributed by atoms with Crippen molar-refractivity contribution < 1.29 is 0 Å². The Kier molecular flexibility index (Phi) is 4.28. The van der Waals surface area contributed by atoms with Gasteiger partial charge >= 0.3 is 0 Å². The standard InChI is InChI=1S/C16H12ClIN2S/c1-9-8-12(10(2)21-9)16-19-14(13(18)15(17)20-16)11-6-4-3-5-7-11/h3-8H,1-2H3. The molecule has 5 heteroatoms. The second-order valence-corrected chi connectivity index (χ2v) is 7.59. The van der Waals surface area contributed by atoms with E-state index in [0.29, 0.717) is 11.0 Å². The van der Waals surface area contributed by atoms with Crippen LogP contribution in [-0.2, 0) is 0 Å². The van der Waals surface area contributed by atoms with Crippen LogP contribution in [0.2, 0.25) is 5.15 Å². The second-order valence-electron chi connectivity index (χ2n) is 4.69. The smallest absolute Gasteiger partial charge is 0.162 e. The lowest BCUT2D eigenvalue weighted by molar-refractivity contribution is 1.16. The molecule has 0 unspecified atom stereocenters. The van der Waals surface area contributed by atoms with Gasteiger partial charge in [0.25, 0.3) is 0 Å². The van der Waals surface area contributed by atoms with Gasteiger partial charge in [-0.1, -0.05) is 41.9 Å². The lowest BCUT2D eigenvalue weighted by Gasteiger charge is -2.08. The number of aryl methyl sites for hydroxylation is 2. The largest absolute Gasteiger partial charge is 0.227 e. The fourth-order valence-electron chi connectivity index (χ4n) is 2.18. The van der Waals surface area contributed by atoms with Gasteiger partial charge in [-0.15, -0.1) is 11.3 Å². The summed E-state index contributed by atoms with van der Waals surface area (Å²) >= 11 is 10.3. The zero-order valence-electron chi connectivity index (χ0n) is 11.5. The normalized spacial score (nSPS) is 10.9. The van der Waals surface area contributed by atoms with Crippen molar-refractivity contribution in [2.24, 2.45) is 0 Å². The molecular formula is C16H12ClIN2S. The van der Waals surface area contributed by atoms with E-state index in [0.717, 1.165) is 20.4 Å². The molecular weight excluding hydrogens is 415 g/mol. The first-order valence-electron chi connectivity index (χ1n) is 6.42. The summed E-state index contributed by atoms with van der Waals surface area (Å²) < 4.78 is 0.883. The summed E-state index contributed by atoms with van der Waals surface area (Å²) in [7, 11) is 0. The van der Waals surface area contributed by atoms with Gasteiger partial charge in [0.1, 0.15) is 5.15 Å². The molecule has 0 N–H and O–H groups in total. The molecule has 3 rings (SSSR count). The highest BCUT2D eigenvalue weighted by atomic mass is 127. The van der Waals surface area contributed by atoms with E-state index in [9.17, 15) is 0 Å². The lowest BCUT2D eigenvalue weighted by Crippen LogP contribution is -1.97. The van der Waals surface area contributed by atoms with Gasteiger partial charge in [-0.2, -0.15) is 0 Å². The van der Waals surface area contributed by atoms with E-state index in [4.69, 9.17) is 16.6 Å². The fraction of sp³-hybridized carbons (Fsp3) is 0.125. The van der Waals surface area contributed by atoms with Crippen LogP contribution in [0.25, 0.3) is 22.6 Å². The number of hydrogen-bond donors (Lipinski definition) is 0. The quantitative estimate of drug-likeness (QED) is 0.385. The number of nitrogens with zero attached hydrogens (tertiary/aromatic N) is 2. The van der Waals surface area contributed by atoms with Gasteiger partial charge in [0.15, 0.2) is 5.82 Å². The zero-order valence-corrected chi connectivity index (χ0v) is 15.3. The molecule has 0 aliphatic rings. The SMILES string of the molecule is Cc1cc(-c2nc(Cl)c(I)c(-c3ccccc3)n2)c(C)s1. The Labute approximate surface area is 146 Å². The third kappa shape index (κ3) is 2.98. The van der Waals surface area contributed by atoms with Crippen molar-refractivity contribution in [1.29, 1.82) is 0 Å². The first-order chi connectivity index (χ1) is 10.1. The van der Waals surface area contributed by atoms with Gasteiger partial charge in [-0.05, 0) is 42.5 Å². The van der Waals surface area contributed by atoms with Crippen LogP contribution in [0.15, 0.2) is 36.4 Å². The van der Waals surface area contributed by atoms with Gasteiger partial charge in [-0.3, -0.25) is 0 Å². The van der Waals surface area contributed by atoms with Gasteiger partial charge in [0, 0.05) is 20.9 Å². The molecule has 0 radical (unpaired) electrons. The van der Waals surface area contributed by atoms with Crippen molar-refractivity contribution in [3.05, 3.63) is 54.9 Å². The molecule has 106 valence electrons. The Morgan fingerprint density at radius 2 is 1.81 bits per heavy atom. The maximum Gasteiger partial charge on any atom is 0.162 e. The molecule has 3 aromatic rings. The van der Waals surface area contributed by atoms with E-state index in [2.05, 4.69) is 47.5 Å². The summed E-state index contributed by atoms with van der Waals surface area (Å²) in [5.41, 5.74) is 3.00. The summed E-state index contributed by atoms with van der Waals surface area (Å²) in [6.07, 6.45) is 0. The van der Waals surface area contributed by atoms with Crippen molar-refractivity contribution in [2.75, 3.05) is 0 Å². The third-order valence-electron chi connectivity index (χ3n) is 3.14. The molecule has 21 heavy (non-hydrogen) atoms. The highest BCUT2D eigenvalue weighted by Gasteiger charge is 2.16. The molecule has 0 amide bonds. The summed E-state index contributed by atoms with van der Waals surface area (Å²) in [4.78, 5) is 11.7. The van der Waals surface area contributed by atoms with E-state index < -0.39 is 0 Å². The minimum Gasteiger partial charge on any atom is -0.227 e. The summed E-state index contributed by atoms with van der Waals surface area (Å²) in [6.45, 7) is 4.18. The number of rotatable bonds is 2. The Balaban J connectivity index is 2.21. The fourth-order valence-corrected chi connectivity index (χ4v) is 3.82. The van der Waals surface area contributed by atoms with Crippen LogP contribution in [0.4, 0.5) is 0 Å². The van der Waals surface area contributed by atoms with Crippen molar-refractivity contribution in [1.82, 2.24) is 9.97 Å². The molecule has 0 saturated carbocycles. The van der Waals surface area contributed by atoms with E-state index in [-0.39, 0.29) is 0 Å². The molecule has 0 aliphatic heterocycles. The maximum atomic E-state index is 6.32. The Morgan fingerprint density at radius 1 is 1.10 bits per heavy atom. The summed E-state index contributed by atoms with van der Waals surface area (Å²) in [5, 5.41) is 0.503. The molecule has 0 aliphatic carbocycles. The third-order valence-corrected chi connectivity index (χ3v) is 5.72. The van der Waals surface area contributed by atoms with Crippen LogP contribution in [-0.4, -0.2) is 9.97 Å². The van der Waals surface area contributed by atoms with E-state index in [1.54, 1.807) is 11.3 Å². The van der Waals surface area contributed by atoms with Crippen molar-refractivity contribution >= 4 is 45.5 Å². The van der Waals surface area contributed by atoms with Crippen molar-refractivity contribution in [3.63, 3.8) is 0 Å². The van der Waals surface area contributed by atoms with Crippen LogP contribution in [0.1, 0.15) is 9.75 Å².